The minimum Gasteiger partial charge on any atom is -0.668 e. The van der Waals surface area contributed by atoms with Crippen molar-refractivity contribution in [1.29, 1.82) is 0 Å². The van der Waals surface area contributed by atoms with E-state index in [0.29, 0.717) is 0 Å². The van der Waals surface area contributed by atoms with Crippen molar-refractivity contribution in [3.05, 3.63) is 12.7 Å². The SMILES string of the molecule is [CH2-]CC([NH-])C(=O)O.[W+2]. The van der Waals surface area contributed by atoms with Crippen LogP contribution in [0.5, 0.6) is 0 Å². The van der Waals surface area contributed by atoms with Gasteiger partial charge in [-0.3, -0.25) is 4.79 Å². The summed E-state index contributed by atoms with van der Waals surface area (Å²) in [5.74, 6) is -1.10. The van der Waals surface area contributed by atoms with Crippen LogP contribution < -0.4 is 0 Å². The van der Waals surface area contributed by atoms with Gasteiger partial charge < -0.3 is 17.8 Å². The number of aliphatic carboxylic acids is 1. The second kappa shape index (κ2) is 5.26. The van der Waals surface area contributed by atoms with Gasteiger partial charge >= 0.3 is 21.1 Å². The number of rotatable bonds is 2. The van der Waals surface area contributed by atoms with E-state index in [2.05, 4.69) is 6.92 Å². The number of nitrogens with one attached hydrogen (secondary N) is 1. The first kappa shape index (κ1) is 11.0. The quantitative estimate of drug-likeness (QED) is 0.760. The van der Waals surface area contributed by atoms with Crippen LogP contribution in [0.3, 0.4) is 0 Å². The average molecular weight is 285 g/mol. The summed E-state index contributed by atoms with van der Waals surface area (Å²) in [5.41, 5.74) is 6.61. The fourth-order valence-corrected chi connectivity index (χ4v) is 0.123. The molecule has 0 amide bonds. The molecule has 0 aliphatic rings. The number of hydrogen-bond donors (Lipinski definition) is 1. The van der Waals surface area contributed by atoms with Crippen LogP contribution in [0.1, 0.15) is 6.42 Å². The van der Waals surface area contributed by atoms with Crippen LogP contribution in [-0.2, 0) is 25.9 Å². The van der Waals surface area contributed by atoms with E-state index in [1.54, 1.807) is 0 Å². The molecule has 46 valence electrons. The zero-order chi connectivity index (χ0) is 5.86. The molecule has 0 aliphatic carbocycles. The third-order valence-electron chi connectivity index (χ3n) is 0.587. The molecule has 8 heavy (non-hydrogen) atoms. The summed E-state index contributed by atoms with van der Waals surface area (Å²) in [5, 5.41) is 7.95. The van der Waals surface area contributed by atoms with Gasteiger partial charge in [-0.2, -0.15) is 6.42 Å². The zero-order valence-electron chi connectivity index (χ0n) is 4.26. The van der Waals surface area contributed by atoms with Crippen molar-refractivity contribution >= 4 is 5.97 Å². The average Bonchev–Trinajstić information content (AvgIpc) is 1.65. The zero-order valence-corrected chi connectivity index (χ0v) is 7.19. The van der Waals surface area contributed by atoms with Crippen molar-refractivity contribution in [3.63, 3.8) is 0 Å². The van der Waals surface area contributed by atoms with Gasteiger partial charge in [-0.1, -0.05) is 6.04 Å². The Morgan fingerprint density at radius 2 is 2.25 bits per heavy atom. The van der Waals surface area contributed by atoms with E-state index in [0.717, 1.165) is 0 Å². The molecule has 0 bridgehead atoms. The molecule has 0 aromatic heterocycles. The molecule has 1 unspecified atom stereocenters. The summed E-state index contributed by atoms with van der Waals surface area (Å²) in [7, 11) is 0. The molecule has 0 aromatic carbocycles. The van der Waals surface area contributed by atoms with E-state index >= 15 is 0 Å². The summed E-state index contributed by atoms with van der Waals surface area (Å²) in [4.78, 5) is 9.70. The van der Waals surface area contributed by atoms with Crippen LogP contribution in [-0.4, -0.2) is 17.1 Å². The summed E-state index contributed by atoms with van der Waals surface area (Å²) >= 11 is 0. The predicted molar refractivity (Wildman–Crippen MR) is 25.7 cm³/mol. The van der Waals surface area contributed by atoms with E-state index in [-0.39, 0.29) is 27.5 Å². The van der Waals surface area contributed by atoms with E-state index in [4.69, 9.17) is 10.8 Å². The van der Waals surface area contributed by atoms with Gasteiger partial charge in [-0.25, -0.2) is 0 Å². The van der Waals surface area contributed by atoms with Crippen molar-refractivity contribution < 1.29 is 31.0 Å². The predicted octanol–water partition coefficient (Wildman–Crippen LogP) is 0.713. The molecular weight excluding hydrogens is 278 g/mol. The molecule has 0 heterocycles. The minimum atomic E-state index is -1.10. The first-order valence-electron chi connectivity index (χ1n) is 1.91. The molecule has 0 saturated carbocycles. The maximum Gasteiger partial charge on any atom is 2.00 e. The second-order valence-electron chi connectivity index (χ2n) is 1.18. The van der Waals surface area contributed by atoms with Crippen LogP contribution in [0.15, 0.2) is 0 Å². The Balaban J connectivity index is 0. The molecule has 1 atom stereocenters. The Bertz CT molecular complexity index is 76.4. The molecular formula is C4H7NO2W. The number of carboxylic acid groups (broad SMARTS) is 1. The standard InChI is InChI=1S/C4H7NO2.W/c1-2-3(5)4(6)7;/h3,5H,1-2H2,(H,6,7);/q-2;+2. The molecule has 2 N–H and O–H groups in total. The molecule has 0 spiro atoms. The van der Waals surface area contributed by atoms with E-state index in [1.165, 1.54) is 0 Å². The van der Waals surface area contributed by atoms with Gasteiger partial charge in [-0.05, 0) is 0 Å². The Labute approximate surface area is 62.5 Å². The largest absolute Gasteiger partial charge is 2.00 e. The molecule has 0 aromatic rings. The fourth-order valence-electron chi connectivity index (χ4n) is 0.123. The van der Waals surface area contributed by atoms with Crippen molar-refractivity contribution in [2.75, 3.05) is 0 Å². The summed E-state index contributed by atoms with van der Waals surface area (Å²) in [6, 6.07) is -1.04. The molecule has 0 rings (SSSR count). The monoisotopic (exact) mass is 285 g/mol. The van der Waals surface area contributed by atoms with Gasteiger partial charge in [0.25, 0.3) is 5.97 Å². The fraction of sp³-hybridized carbons (Fsp3) is 0.500. The van der Waals surface area contributed by atoms with Crippen LogP contribution in [0.25, 0.3) is 5.73 Å². The topological polar surface area (TPSA) is 61.1 Å². The van der Waals surface area contributed by atoms with Crippen LogP contribution >= 0.6 is 0 Å². The summed E-state index contributed by atoms with van der Waals surface area (Å²) in [6.07, 6.45) is 0.134. The number of carboxylic acids is 1. The van der Waals surface area contributed by atoms with Gasteiger partial charge in [0.2, 0.25) is 0 Å². The van der Waals surface area contributed by atoms with Crippen LogP contribution in [0.4, 0.5) is 0 Å². The third-order valence-corrected chi connectivity index (χ3v) is 0.587. The normalized spacial score (nSPS) is 11.8. The van der Waals surface area contributed by atoms with Gasteiger partial charge in [0.1, 0.15) is 0 Å². The van der Waals surface area contributed by atoms with Crippen molar-refractivity contribution in [1.82, 2.24) is 0 Å². The molecule has 0 aliphatic heterocycles. The molecule has 4 heteroatoms. The first-order valence-corrected chi connectivity index (χ1v) is 1.91. The smallest absolute Gasteiger partial charge is 0.668 e. The van der Waals surface area contributed by atoms with Crippen LogP contribution in [0, 0.1) is 6.92 Å². The van der Waals surface area contributed by atoms with Gasteiger partial charge in [-0.15, -0.1) is 0 Å². The Hall–Kier alpha value is 0.118. The van der Waals surface area contributed by atoms with Gasteiger partial charge in [0.15, 0.2) is 0 Å². The van der Waals surface area contributed by atoms with Gasteiger partial charge in [0.05, 0.1) is 0 Å². The van der Waals surface area contributed by atoms with Gasteiger partial charge in [0, 0.05) is 0 Å². The Morgan fingerprint density at radius 1 is 1.88 bits per heavy atom. The number of hydrogen-bond acceptors (Lipinski definition) is 1. The Kier molecular flexibility index (Phi) is 7.22. The maximum absolute atomic E-state index is 9.70. The van der Waals surface area contributed by atoms with E-state index in [9.17, 15) is 4.79 Å². The van der Waals surface area contributed by atoms with E-state index < -0.39 is 12.0 Å². The molecule has 0 fully saturated rings. The molecule has 0 saturated heterocycles. The summed E-state index contributed by atoms with van der Waals surface area (Å²) < 4.78 is 0. The summed E-state index contributed by atoms with van der Waals surface area (Å²) in [6.45, 7) is 3.24. The second-order valence-corrected chi connectivity index (χ2v) is 1.18. The van der Waals surface area contributed by atoms with E-state index in [1.807, 2.05) is 0 Å². The molecule has 0 radical (unpaired) electrons. The first-order chi connectivity index (χ1) is 3.18. The van der Waals surface area contributed by atoms with Crippen LogP contribution in [0.2, 0.25) is 0 Å². The van der Waals surface area contributed by atoms with Crippen molar-refractivity contribution in [3.8, 4) is 0 Å². The maximum atomic E-state index is 9.70. The molecule has 3 nitrogen and oxygen atoms in total. The number of carbonyl (C=O) groups is 1. The van der Waals surface area contributed by atoms with Crippen molar-refractivity contribution in [2.45, 2.75) is 12.5 Å². The Morgan fingerprint density at radius 3 is 2.25 bits per heavy atom. The minimum absolute atomic E-state index is 0. The third kappa shape index (κ3) is 4.28. The van der Waals surface area contributed by atoms with Crippen molar-refractivity contribution in [2.24, 2.45) is 0 Å².